The lowest BCUT2D eigenvalue weighted by atomic mass is 10.2. The van der Waals surface area contributed by atoms with Gasteiger partial charge in [-0.05, 0) is 20.8 Å². The molecule has 2 rings (SSSR count). The Morgan fingerprint density at radius 3 is 2.96 bits per heavy atom. The molecule has 0 spiro atoms. The first-order chi connectivity index (χ1) is 10.8. The molecule has 3 amide bonds. The van der Waals surface area contributed by atoms with Crippen LogP contribution in [0.3, 0.4) is 0 Å². The molecule has 9 nitrogen and oxygen atoms in total. The van der Waals surface area contributed by atoms with E-state index in [0.717, 1.165) is 11.5 Å². The molecule has 1 fully saturated rings. The van der Waals surface area contributed by atoms with Gasteiger partial charge in [0.2, 0.25) is 0 Å². The minimum absolute atomic E-state index is 0.0263. The van der Waals surface area contributed by atoms with Crippen molar-refractivity contribution in [2.45, 2.75) is 32.4 Å². The van der Waals surface area contributed by atoms with Crippen LogP contribution in [0.25, 0.3) is 0 Å². The molecule has 10 heteroatoms. The fourth-order valence-electron chi connectivity index (χ4n) is 2.05. The van der Waals surface area contributed by atoms with Gasteiger partial charge in [0.25, 0.3) is 0 Å². The molecule has 1 unspecified atom stereocenters. The summed E-state index contributed by atoms with van der Waals surface area (Å²) in [4.78, 5) is 25.5. The summed E-state index contributed by atoms with van der Waals surface area (Å²) in [5.41, 5.74) is -0.516. The Morgan fingerprint density at radius 2 is 2.30 bits per heavy atom. The van der Waals surface area contributed by atoms with Crippen molar-refractivity contribution in [1.82, 2.24) is 25.1 Å². The Labute approximate surface area is 138 Å². The van der Waals surface area contributed by atoms with Crippen LogP contribution in [0.1, 0.15) is 20.8 Å². The number of rotatable bonds is 3. The van der Waals surface area contributed by atoms with Crippen molar-refractivity contribution in [1.29, 1.82) is 0 Å². The van der Waals surface area contributed by atoms with E-state index in [4.69, 9.17) is 4.74 Å². The van der Waals surface area contributed by atoms with Crippen molar-refractivity contribution < 1.29 is 14.3 Å². The van der Waals surface area contributed by atoms with Crippen LogP contribution in [-0.2, 0) is 4.74 Å². The number of hydrogen-bond donors (Lipinski definition) is 3. The van der Waals surface area contributed by atoms with Crippen LogP contribution in [0.4, 0.5) is 14.6 Å². The average Bonchev–Trinajstić information content (AvgIpc) is 2.96. The third-order valence-corrected chi connectivity index (χ3v) is 3.59. The highest BCUT2D eigenvalue weighted by Crippen LogP contribution is 2.11. The number of carbonyl (C=O) groups is 2. The monoisotopic (exact) mass is 342 g/mol. The predicted octanol–water partition coefficient (Wildman–Crippen LogP) is 0.869. The van der Waals surface area contributed by atoms with E-state index < -0.39 is 5.60 Å². The van der Waals surface area contributed by atoms with Crippen molar-refractivity contribution in [2.75, 3.05) is 31.5 Å². The molecule has 1 aromatic rings. The summed E-state index contributed by atoms with van der Waals surface area (Å²) in [5, 5.41) is 12.9. The maximum absolute atomic E-state index is 12.1. The summed E-state index contributed by atoms with van der Waals surface area (Å²) in [6, 6.07) is -0.353. The number of hydrogen-bond acceptors (Lipinski definition) is 7. The number of aromatic nitrogens is 2. The van der Waals surface area contributed by atoms with Crippen LogP contribution in [-0.4, -0.2) is 64.4 Å². The van der Waals surface area contributed by atoms with Gasteiger partial charge in [-0.3, -0.25) is 5.32 Å². The number of urea groups is 1. The van der Waals surface area contributed by atoms with Crippen LogP contribution in [0.15, 0.2) is 6.20 Å². The minimum Gasteiger partial charge on any atom is -0.444 e. The summed E-state index contributed by atoms with van der Waals surface area (Å²) in [7, 11) is 0. The molecule has 128 valence electrons. The van der Waals surface area contributed by atoms with Crippen molar-refractivity contribution in [3.63, 3.8) is 0 Å². The van der Waals surface area contributed by atoms with E-state index in [1.807, 2.05) is 20.8 Å². The second-order valence-corrected chi connectivity index (χ2v) is 6.98. The number of nitrogens with zero attached hydrogens (tertiary/aromatic N) is 3. The third kappa shape index (κ3) is 5.99. The number of anilines is 1. The van der Waals surface area contributed by atoms with E-state index >= 15 is 0 Å². The van der Waals surface area contributed by atoms with Crippen LogP contribution < -0.4 is 16.0 Å². The summed E-state index contributed by atoms with van der Waals surface area (Å²) in [6.45, 7) is 7.64. The Balaban J connectivity index is 1.75. The van der Waals surface area contributed by atoms with Gasteiger partial charge in [0.1, 0.15) is 10.6 Å². The van der Waals surface area contributed by atoms with E-state index in [9.17, 15) is 9.59 Å². The van der Waals surface area contributed by atoms with Crippen LogP contribution >= 0.6 is 11.5 Å². The lowest BCUT2D eigenvalue weighted by molar-refractivity contribution is 0.0197. The zero-order valence-electron chi connectivity index (χ0n) is 13.5. The van der Waals surface area contributed by atoms with Crippen LogP contribution in [0.5, 0.6) is 0 Å². The van der Waals surface area contributed by atoms with Crippen molar-refractivity contribution in [2.24, 2.45) is 0 Å². The molecule has 1 atom stereocenters. The Bertz CT molecular complexity index is 530. The molecule has 0 radical (unpaired) electrons. The Kier molecular flexibility index (Phi) is 5.72. The third-order valence-electron chi connectivity index (χ3n) is 3.01. The van der Waals surface area contributed by atoms with Gasteiger partial charge < -0.3 is 20.3 Å². The predicted molar refractivity (Wildman–Crippen MR) is 86.5 cm³/mol. The lowest BCUT2D eigenvalue weighted by Gasteiger charge is -2.34. The maximum atomic E-state index is 12.1. The molecule has 1 aliphatic heterocycles. The zero-order valence-corrected chi connectivity index (χ0v) is 14.3. The second-order valence-electron chi connectivity index (χ2n) is 6.19. The molecule has 23 heavy (non-hydrogen) atoms. The summed E-state index contributed by atoms with van der Waals surface area (Å²) in [6.07, 6.45) is 1.15. The average molecular weight is 342 g/mol. The highest BCUT2D eigenvalue weighted by atomic mass is 32.1. The van der Waals surface area contributed by atoms with Crippen LogP contribution in [0, 0.1) is 0 Å². The van der Waals surface area contributed by atoms with Gasteiger partial charge in [0, 0.05) is 43.8 Å². The summed E-state index contributed by atoms with van der Waals surface area (Å²) < 4.78 is 9.03. The highest BCUT2D eigenvalue weighted by molar-refractivity contribution is 7.10. The summed E-state index contributed by atoms with van der Waals surface area (Å²) >= 11 is 1.10. The molecule has 0 bridgehead atoms. The van der Waals surface area contributed by atoms with Crippen LogP contribution in [0.2, 0.25) is 0 Å². The Morgan fingerprint density at radius 1 is 1.52 bits per heavy atom. The lowest BCUT2D eigenvalue weighted by Crippen LogP contribution is -2.57. The fourth-order valence-corrected chi connectivity index (χ4v) is 2.46. The van der Waals surface area contributed by atoms with Gasteiger partial charge >= 0.3 is 12.1 Å². The number of nitrogens with one attached hydrogen (secondary N) is 3. The molecule has 1 saturated heterocycles. The molecular weight excluding hydrogens is 320 g/mol. The first-order valence-electron chi connectivity index (χ1n) is 7.37. The standard InChI is InChI=1S/C13H22N6O3S/c1-13(2,3)22-12(21)19-5-4-14-9(8-19)6-15-11(20)17-10-7-16-18-23-10/h7,9,14H,4-6,8H2,1-3H3,(H2,15,17,20). The minimum atomic E-state index is -0.516. The van der Waals surface area contributed by atoms with Crippen molar-refractivity contribution >= 4 is 28.7 Å². The number of amides is 3. The van der Waals surface area contributed by atoms with E-state index in [-0.39, 0.29) is 18.2 Å². The Hall–Kier alpha value is -1.94. The van der Waals surface area contributed by atoms with Gasteiger partial charge in [-0.25, -0.2) is 9.59 Å². The van der Waals surface area contributed by atoms with E-state index in [1.54, 1.807) is 4.90 Å². The van der Waals surface area contributed by atoms with Crippen molar-refractivity contribution in [3.8, 4) is 0 Å². The van der Waals surface area contributed by atoms with Gasteiger partial charge in [-0.1, -0.05) is 4.49 Å². The van der Waals surface area contributed by atoms with E-state index in [0.29, 0.717) is 31.2 Å². The smallest absolute Gasteiger partial charge is 0.410 e. The van der Waals surface area contributed by atoms with Gasteiger partial charge in [-0.15, -0.1) is 5.10 Å². The maximum Gasteiger partial charge on any atom is 0.410 e. The van der Waals surface area contributed by atoms with Gasteiger partial charge in [0.15, 0.2) is 0 Å². The topological polar surface area (TPSA) is 108 Å². The highest BCUT2D eigenvalue weighted by Gasteiger charge is 2.27. The largest absolute Gasteiger partial charge is 0.444 e. The zero-order chi connectivity index (χ0) is 16.9. The quantitative estimate of drug-likeness (QED) is 0.752. The molecular formula is C13H22N6O3S. The molecule has 2 heterocycles. The first kappa shape index (κ1) is 17.4. The number of piperazine rings is 1. The van der Waals surface area contributed by atoms with E-state index in [2.05, 4.69) is 25.5 Å². The molecule has 1 aliphatic rings. The first-order valence-corrected chi connectivity index (χ1v) is 8.14. The molecule has 0 aromatic carbocycles. The summed E-state index contributed by atoms with van der Waals surface area (Å²) in [5.74, 6) is 0. The SMILES string of the molecule is CC(C)(C)OC(=O)N1CCNC(CNC(=O)Nc2cnns2)C1. The van der Waals surface area contributed by atoms with Gasteiger partial charge in [0.05, 0.1) is 6.20 Å². The molecule has 3 N–H and O–H groups in total. The number of carbonyl (C=O) groups excluding carboxylic acids is 2. The number of ether oxygens (including phenoxy) is 1. The van der Waals surface area contributed by atoms with Gasteiger partial charge in [-0.2, -0.15) is 0 Å². The molecule has 0 saturated carbocycles. The fraction of sp³-hybridized carbons (Fsp3) is 0.692. The van der Waals surface area contributed by atoms with Crippen molar-refractivity contribution in [3.05, 3.63) is 6.20 Å². The molecule has 1 aromatic heterocycles. The van der Waals surface area contributed by atoms with E-state index in [1.165, 1.54) is 6.20 Å². The second kappa shape index (κ2) is 7.55. The normalized spacial score (nSPS) is 18.4. The molecule has 0 aliphatic carbocycles.